The van der Waals surface area contributed by atoms with Gasteiger partial charge in [0.25, 0.3) is 0 Å². The highest BCUT2D eigenvalue weighted by Crippen LogP contribution is 2.33. The second-order valence-corrected chi connectivity index (χ2v) is 6.92. The Morgan fingerprint density at radius 3 is 2.68 bits per heavy atom. The van der Waals surface area contributed by atoms with E-state index in [1.807, 2.05) is 31.4 Å². The molecule has 1 amide bonds. The highest BCUT2D eigenvalue weighted by atomic mass is 19.4. The van der Waals surface area contributed by atoms with Crippen LogP contribution in [0.1, 0.15) is 16.7 Å². The maximum Gasteiger partial charge on any atom is 0.416 e. The van der Waals surface area contributed by atoms with Gasteiger partial charge in [-0.15, -0.1) is 0 Å². The Bertz CT molecular complexity index is 1040. The van der Waals surface area contributed by atoms with Gasteiger partial charge < -0.3 is 4.90 Å². The van der Waals surface area contributed by atoms with Crippen LogP contribution < -0.4 is 4.90 Å². The van der Waals surface area contributed by atoms with Gasteiger partial charge in [-0.3, -0.25) is 9.48 Å². The fraction of sp³-hybridized carbons (Fsp3) is 0.238. The molecule has 0 aliphatic carbocycles. The molecule has 0 spiro atoms. The van der Waals surface area contributed by atoms with Gasteiger partial charge in [-0.25, -0.2) is 0 Å². The maximum absolute atomic E-state index is 12.9. The molecule has 28 heavy (non-hydrogen) atoms. The van der Waals surface area contributed by atoms with Gasteiger partial charge in [-0.05, 0) is 41.3 Å². The van der Waals surface area contributed by atoms with Crippen LogP contribution in [0.3, 0.4) is 0 Å². The Morgan fingerprint density at radius 2 is 1.96 bits per heavy atom. The van der Waals surface area contributed by atoms with Crippen molar-refractivity contribution in [3.05, 3.63) is 71.5 Å². The van der Waals surface area contributed by atoms with Crippen LogP contribution in [0.4, 0.5) is 18.9 Å². The number of aryl methyl sites for hydroxylation is 1. The van der Waals surface area contributed by atoms with E-state index in [1.165, 1.54) is 6.07 Å². The van der Waals surface area contributed by atoms with Gasteiger partial charge in [0.2, 0.25) is 5.91 Å². The summed E-state index contributed by atoms with van der Waals surface area (Å²) in [7, 11) is 1.85. The molecule has 0 bridgehead atoms. The summed E-state index contributed by atoms with van der Waals surface area (Å²) in [6.07, 6.45) is -0.0477. The summed E-state index contributed by atoms with van der Waals surface area (Å²) in [6.45, 7) is 0.531. The zero-order valence-corrected chi connectivity index (χ0v) is 15.2. The zero-order valence-electron chi connectivity index (χ0n) is 15.2. The Kier molecular flexibility index (Phi) is 4.45. The molecule has 7 heteroatoms. The summed E-state index contributed by atoms with van der Waals surface area (Å²) in [5.74, 6) is -0.202. The van der Waals surface area contributed by atoms with E-state index in [0.717, 1.165) is 40.9 Å². The number of halogens is 3. The fourth-order valence-electron chi connectivity index (χ4n) is 3.54. The van der Waals surface area contributed by atoms with Gasteiger partial charge in [0.1, 0.15) is 0 Å². The molecule has 144 valence electrons. The molecule has 1 aliphatic rings. The average molecular weight is 385 g/mol. The maximum atomic E-state index is 12.9. The molecule has 1 aliphatic heterocycles. The van der Waals surface area contributed by atoms with E-state index in [1.54, 1.807) is 21.8 Å². The monoisotopic (exact) mass is 385 g/mol. The Balaban J connectivity index is 1.54. The summed E-state index contributed by atoms with van der Waals surface area (Å²) >= 11 is 0. The third kappa shape index (κ3) is 3.52. The number of carbonyl (C=O) groups is 1. The zero-order chi connectivity index (χ0) is 19.9. The number of benzene rings is 2. The molecule has 0 fully saturated rings. The van der Waals surface area contributed by atoms with Gasteiger partial charge in [0.15, 0.2) is 0 Å². The third-order valence-corrected chi connectivity index (χ3v) is 4.92. The van der Waals surface area contributed by atoms with Crippen LogP contribution >= 0.6 is 0 Å². The average Bonchev–Trinajstić information content (AvgIpc) is 3.27. The van der Waals surface area contributed by atoms with E-state index < -0.39 is 11.7 Å². The number of nitrogens with zero attached hydrogens (tertiary/aromatic N) is 3. The van der Waals surface area contributed by atoms with Crippen molar-refractivity contribution in [2.75, 3.05) is 11.4 Å². The topological polar surface area (TPSA) is 38.1 Å². The number of alkyl halides is 3. The van der Waals surface area contributed by atoms with Crippen molar-refractivity contribution in [1.29, 1.82) is 0 Å². The van der Waals surface area contributed by atoms with Crippen LogP contribution in [0.5, 0.6) is 0 Å². The highest BCUT2D eigenvalue weighted by molar-refractivity contribution is 5.97. The summed E-state index contributed by atoms with van der Waals surface area (Å²) < 4.78 is 40.4. The van der Waals surface area contributed by atoms with Crippen molar-refractivity contribution in [2.24, 2.45) is 7.05 Å². The number of anilines is 1. The molecule has 0 saturated heterocycles. The van der Waals surface area contributed by atoms with Crippen molar-refractivity contribution in [3.8, 4) is 11.1 Å². The summed E-state index contributed by atoms with van der Waals surface area (Å²) in [5.41, 5.74) is 3.53. The van der Waals surface area contributed by atoms with Gasteiger partial charge >= 0.3 is 6.18 Å². The van der Waals surface area contributed by atoms with Crippen LogP contribution in [0.2, 0.25) is 0 Å². The molecule has 0 saturated carbocycles. The number of hydrogen-bond donors (Lipinski definition) is 0. The van der Waals surface area contributed by atoms with E-state index in [4.69, 9.17) is 0 Å². The van der Waals surface area contributed by atoms with Gasteiger partial charge in [0, 0.05) is 31.0 Å². The largest absolute Gasteiger partial charge is 0.416 e. The van der Waals surface area contributed by atoms with Crippen molar-refractivity contribution in [3.63, 3.8) is 0 Å². The van der Waals surface area contributed by atoms with E-state index in [0.29, 0.717) is 12.1 Å². The Morgan fingerprint density at radius 1 is 1.14 bits per heavy atom. The molecule has 3 aromatic rings. The Labute approximate surface area is 160 Å². The van der Waals surface area contributed by atoms with Crippen LogP contribution in [0.15, 0.2) is 54.9 Å². The predicted octanol–water partition coefficient (Wildman–Crippen LogP) is 4.24. The van der Waals surface area contributed by atoms with Crippen molar-refractivity contribution in [1.82, 2.24) is 9.78 Å². The smallest absolute Gasteiger partial charge is 0.312 e. The first-order valence-electron chi connectivity index (χ1n) is 8.90. The number of rotatable bonds is 3. The molecule has 0 N–H and O–H groups in total. The van der Waals surface area contributed by atoms with E-state index >= 15 is 0 Å². The minimum absolute atomic E-state index is 0.0618. The van der Waals surface area contributed by atoms with Crippen LogP contribution in [0.25, 0.3) is 11.1 Å². The van der Waals surface area contributed by atoms with Crippen LogP contribution in [0, 0.1) is 0 Å². The molecular weight excluding hydrogens is 367 g/mol. The highest BCUT2D eigenvalue weighted by Gasteiger charge is 2.31. The second-order valence-electron chi connectivity index (χ2n) is 6.92. The van der Waals surface area contributed by atoms with Crippen molar-refractivity contribution >= 4 is 11.6 Å². The van der Waals surface area contributed by atoms with Crippen LogP contribution in [-0.4, -0.2) is 22.2 Å². The standard InChI is InChI=1S/C21H18F3N3O/c1-26-13-17(12-25-26)15-5-6-19-16(11-15)7-8-27(19)20(28)10-14-3-2-4-18(9-14)21(22,23)24/h2-6,9,11-13H,7-8,10H2,1H3. The predicted molar refractivity (Wildman–Crippen MR) is 99.8 cm³/mol. The van der Waals surface area contributed by atoms with E-state index in [2.05, 4.69) is 5.10 Å². The number of carbonyl (C=O) groups excluding carboxylic acids is 1. The van der Waals surface area contributed by atoms with Crippen molar-refractivity contribution < 1.29 is 18.0 Å². The van der Waals surface area contributed by atoms with Gasteiger partial charge in [-0.1, -0.05) is 24.3 Å². The molecule has 2 heterocycles. The number of hydrogen-bond acceptors (Lipinski definition) is 2. The lowest BCUT2D eigenvalue weighted by atomic mass is 10.0. The first-order chi connectivity index (χ1) is 13.3. The minimum Gasteiger partial charge on any atom is -0.312 e. The summed E-state index contributed by atoms with van der Waals surface area (Å²) in [4.78, 5) is 14.4. The lowest BCUT2D eigenvalue weighted by molar-refractivity contribution is -0.137. The first-order valence-corrected chi connectivity index (χ1v) is 8.90. The molecule has 0 atom stereocenters. The fourth-order valence-corrected chi connectivity index (χ4v) is 3.54. The normalized spacial score (nSPS) is 13.6. The third-order valence-electron chi connectivity index (χ3n) is 4.92. The summed E-state index contributed by atoms with van der Waals surface area (Å²) in [6, 6.07) is 10.8. The van der Waals surface area contributed by atoms with E-state index in [-0.39, 0.29) is 12.3 Å². The number of fused-ring (bicyclic) bond motifs is 1. The van der Waals surface area contributed by atoms with E-state index in [9.17, 15) is 18.0 Å². The minimum atomic E-state index is -4.41. The summed E-state index contributed by atoms with van der Waals surface area (Å²) in [5, 5.41) is 4.17. The molecule has 2 aromatic carbocycles. The van der Waals surface area contributed by atoms with Gasteiger partial charge in [-0.2, -0.15) is 18.3 Å². The molecule has 4 nitrogen and oxygen atoms in total. The SMILES string of the molecule is Cn1cc(-c2ccc3c(c2)CCN3C(=O)Cc2cccc(C(F)(F)F)c2)cn1. The Hall–Kier alpha value is -3.09. The number of amides is 1. The lowest BCUT2D eigenvalue weighted by Gasteiger charge is -2.18. The molecular formula is C21H18F3N3O. The number of aromatic nitrogens is 2. The molecule has 1 aromatic heterocycles. The van der Waals surface area contributed by atoms with Gasteiger partial charge in [0.05, 0.1) is 18.2 Å². The lowest BCUT2D eigenvalue weighted by Crippen LogP contribution is -2.30. The van der Waals surface area contributed by atoms with Crippen LogP contribution in [-0.2, 0) is 30.9 Å². The molecule has 0 unspecified atom stereocenters. The molecule has 4 rings (SSSR count). The van der Waals surface area contributed by atoms with Crippen molar-refractivity contribution in [2.45, 2.75) is 19.0 Å². The quantitative estimate of drug-likeness (QED) is 0.677. The molecule has 0 radical (unpaired) electrons. The second kappa shape index (κ2) is 6.82. The first kappa shape index (κ1) is 18.3.